The lowest BCUT2D eigenvalue weighted by Gasteiger charge is -2.40. The van der Waals surface area contributed by atoms with Crippen LogP contribution in [0.1, 0.15) is 56.0 Å². The van der Waals surface area contributed by atoms with Gasteiger partial charge < -0.3 is 65.3 Å². The molecular weight excluding hydrogens is 672 g/mol. The fourth-order valence-corrected chi connectivity index (χ4v) is 5.97. The van der Waals surface area contributed by atoms with Crippen LogP contribution in [-0.4, -0.2) is 93.7 Å². The molecule has 0 amide bonds. The van der Waals surface area contributed by atoms with Crippen LogP contribution >= 0.6 is 0 Å². The van der Waals surface area contributed by atoms with Crippen LogP contribution in [0.2, 0.25) is 0 Å². The minimum absolute atomic E-state index is 0.0228. The summed E-state index contributed by atoms with van der Waals surface area (Å²) in [6.45, 7) is -0.845. The van der Waals surface area contributed by atoms with Crippen molar-refractivity contribution in [1.82, 2.24) is 0 Å². The van der Waals surface area contributed by atoms with Gasteiger partial charge >= 0.3 is 0 Å². The number of ether oxygens (including phenoxy) is 3. The number of phenolic OH excluding ortho intramolecular Hbond substituents is 6. The van der Waals surface area contributed by atoms with Crippen molar-refractivity contribution in [3.8, 4) is 51.7 Å². The van der Waals surface area contributed by atoms with Crippen molar-refractivity contribution < 1.29 is 74.9 Å². The number of Topliss-reactive ketones (excluding diaryl/α,β-unsaturated/α-hetero) is 1. The monoisotopic (exact) mass is 704 g/mol. The summed E-state index contributed by atoms with van der Waals surface area (Å²) in [6.07, 6.45) is -7.79. The summed E-state index contributed by atoms with van der Waals surface area (Å²) >= 11 is 0. The number of aliphatic hydroxyl groups is 4. The number of carbonyl (C=O) groups is 2. The van der Waals surface area contributed by atoms with E-state index >= 15 is 0 Å². The number of hydrogen-bond acceptors (Lipinski definition) is 15. The van der Waals surface area contributed by atoms with Gasteiger partial charge in [0.1, 0.15) is 82.2 Å². The van der Waals surface area contributed by atoms with Crippen molar-refractivity contribution in [3.05, 3.63) is 94.6 Å². The zero-order valence-electron chi connectivity index (χ0n) is 26.3. The van der Waals surface area contributed by atoms with Crippen LogP contribution in [-0.2, 0) is 4.74 Å². The van der Waals surface area contributed by atoms with E-state index in [1.165, 1.54) is 60.7 Å². The molecule has 6 atom stereocenters. The number of aromatic hydroxyl groups is 6. The molecule has 0 aromatic heterocycles. The van der Waals surface area contributed by atoms with Crippen molar-refractivity contribution in [1.29, 1.82) is 0 Å². The normalized spacial score (nSPS) is 23.1. The highest BCUT2D eigenvalue weighted by Crippen LogP contribution is 2.54. The van der Waals surface area contributed by atoms with Crippen molar-refractivity contribution in [2.24, 2.45) is 0 Å². The second-order valence-corrected chi connectivity index (χ2v) is 11.9. The first-order valence-electron chi connectivity index (χ1n) is 15.4. The van der Waals surface area contributed by atoms with Gasteiger partial charge in [-0.2, -0.15) is 0 Å². The van der Waals surface area contributed by atoms with E-state index in [1.54, 1.807) is 0 Å². The summed E-state index contributed by atoms with van der Waals surface area (Å²) in [4.78, 5) is 26.2. The van der Waals surface area contributed by atoms with Crippen molar-refractivity contribution in [3.63, 3.8) is 0 Å². The second kappa shape index (κ2) is 13.8. The molecule has 1 saturated heterocycles. The van der Waals surface area contributed by atoms with E-state index in [4.69, 9.17) is 14.2 Å². The number of hydrogen-bond donors (Lipinski definition) is 10. The predicted octanol–water partition coefficient (Wildman–Crippen LogP) is 2.83. The van der Waals surface area contributed by atoms with Gasteiger partial charge in [-0.15, -0.1) is 0 Å². The molecule has 4 aromatic carbocycles. The highest BCUT2D eigenvalue weighted by Gasteiger charge is 2.47. The van der Waals surface area contributed by atoms with Crippen LogP contribution in [0.4, 0.5) is 0 Å². The van der Waals surface area contributed by atoms with Gasteiger partial charge in [0.05, 0.1) is 18.6 Å². The van der Waals surface area contributed by atoms with Gasteiger partial charge in [-0.1, -0.05) is 30.3 Å². The van der Waals surface area contributed by atoms with Crippen LogP contribution < -0.4 is 9.47 Å². The summed E-state index contributed by atoms with van der Waals surface area (Å²) in [5.74, 6) is -6.18. The van der Waals surface area contributed by atoms with E-state index in [1.807, 2.05) is 0 Å². The van der Waals surface area contributed by atoms with Gasteiger partial charge in [-0.3, -0.25) is 9.59 Å². The van der Waals surface area contributed by atoms with E-state index in [2.05, 4.69) is 0 Å². The third-order valence-corrected chi connectivity index (χ3v) is 8.61. The molecule has 51 heavy (non-hydrogen) atoms. The van der Waals surface area contributed by atoms with Crippen LogP contribution in [0, 0.1) is 0 Å². The zero-order valence-corrected chi connectivity index (χ0v) is 26.3. The second-order valence-electron chi connectivity index (χ2n) is 11.9. The topological polar surface area (TPSA) is 264 Å². The fraction of sp³-hybridized carbons (Fsp3) is 0.222. The third kappa shape index (κ3) is 6.59. The number of aliphatic hydroxyl groups excluding tert-OH is 4. The molecule has 0 radical (unpaired) electrons. The summed E-state index contributed by atoms with van der Waals surface area (Å²) < 4.78 is 17.2. The maximum atomic E-state index is 13.5. The van der Waals surface area contributed by atoms with Gasteiger partial charge in [-0.05, 0) is 41.5 Å². The maximum Gasteiger partial charge on any atom is 0.212 e. The molecule has 2 aliphatic rings. The van der Waals surface area contributed by atoms with Crippen LogP contribution in [0.5, 0.6) is 51.7 Å². The van der Waals surface area contributed by atoms with E-state index in [0.29, 0.717) is 11.1 Å². The smallest absolute Gasteiger partial charge is 0.212 e. The molecule has 4 aromatic rings. The number of phenols is 6. The lowest BCUT2D eigenvalue weighted by Crippen LogP contribution is -2.55. The van der Waals surface area contributed by atoms with Crippen LogP contribution in [0.3, 0.4) is 0 Å². The van der Waals surface area contributed by atoms with E-state index in [0.717, 1.165) is 12.1 Å². The summed E-state index contributed by atoms with van der Waals surface area (Å²) in [7, 11) is 0. The SMILES string of the molecule is O=C1C[C@@H](c2ccc(Oc3c(O)c(C(=O)/C=C/c4ccc(O)cc4)c(O)c([C@H]4O[C@@H](CO)[C@H](O)[C@H](O)[C@@H]4O)c3O)cc2)Oc2cc(O)cc(O)c21. The Labute approximate surface area is 288 Å². The third-order valence-electron chi connectivity index (χ3n) is 8.61. The molecule has 0 saturated carbocycles. The molecule has 0 spiro atoms. The Hall–Kier alpha value is -5.84. The van der Waals surface area contributed by atoms with Gasteiger partial charge in [0, 0.05) is 12.1 Å². The highest BCUT2D eigenvalue weighted by molar-refractivity contribution is 6.11. The average Bonchev–Trinajstić information content (AvgIpc) is 3.09. The van der Waals surface area contributed by atoms with Gasteiger partial charge in [0.2, 0.25) is 5.75 Å². The van der Waals surface area contributed by atoms with E-state index < -0.39 is 94.7 Å². The molecule has 2 heterocycles. The number of ketones is 2. The van der Waals surface area contributed by atoms with Crippen LogP contribution in [0.25, 0.3) is 6.08 Å². The Kier molecular flexibility index (Phi) is 9.48. The number of allylic oxidation sites excluding steroid dienone is 1. The highest BCUT2D eigenvalue weighted by atomic mass is 16.5. The molecule has 0 aliphatic carbocycles. The number of carbonyl (C=O) groups excluding carboxylic acids is 2. The molecule has 15 nitrogen and oxygen atoms in total. The maximum absolute atomic E-state index is 13.5. The minimum Gasteiger partial charge on any atom is -0.508 e. The molecule has 0 bridgehead atoms. The number of fused-ring (bicyclic) bond motifs is 1. The minimum atomic E-state index is -2.01. The summed E-state index contributed by atoms with van der Waals surface area (Å²) in [5, 5.41) is 105. The summed E-state index contributed by atoms with van der Waals surface area (Å²) in [6, 6.07) is 13.6. The van der Waals surface area contributed by atoms with Crippen molar-refractivity contribution in [2.75, 3.05) is 6.61 Å². The van der Waals surface area contributed by atoms with Gasteiger partial charge in [0.15, 0.2) is 23.1 Å². The average molecular weight is 705 g/mol. The largest absolute Gasteiger partial charge is 0.508 e. The molecular formula is C36H32O15. The quantitative estimate of drug-likeness (QED) is 0.0934. The fourth-order valence-electron chi connectivity index (χ4n) is 5.97. The van der Waals surface area contributed by atoms with Gasteiger partial charge in [-0.25, -0.2) is 0 Å². The molecule has 2 aliphatic heterocycles. The molecule has 10 N–H and O–H groups in total. The lowest BCUT2D eigenvalue weighted by atomic mass is 9.88. The molecule has 6 rings (SSSR count). The van der Waals surface area contributed by atoms with Crippen molar-refractivity contribution in [2.45, 2.75) is 43.0 Å². The Balaban J connectivity index is 1.37. The first-order chi connectivity index (χ1) is 24.3. The first kappa shape index (κ1) is 35.0. The molecule has 0 unspecified atom stereocenters. The predicted molar refractivity (Wildman–Crippen MR) is 174 cm³/mol. The van der Waals surface area contributed by atoms with Gasteiger partial charge in [0.25, 0.3) is 0 Å². The first-order valence-corrected chi connectivity index (χ1v) is 15.4. The Morgan fingerprint density at radius 3 is 2.18 bits per heavy atom. The molecule has 266 valence electrons. The van der Waals surface area contributed by atoms with Crippen LogP contribution in [0.15, 0.2) is 66.7 Å². The Morgan fingerprint density at radius 1 is 0.824 bits per heavy atom. The van der Waals surface area contributed by atoms with E-state index in [9.17, 15) is 60.7 Å². The molecule has 1 fully saturated rings. The number of benzene rings is 4. The Bertz CT molecular complexity index is 2000. The van der Waals surface area contributed by atoms with Crippen molar-refractivity contribution >= 4 is 17.6 Å². The Morgan fingerprint density at radius 2 is 1.51 bits per heavy atom. The summed E-state index contributed by atoms with van der Waals surface area (Å²) in [5.41, 5.74) is -0.676. The molecule has 15 heteroatoms. The lowest BCUT2D eigenvalue weighted by molar-refractivity contribution is -0.232. The standard InChI is InChI=1S/C36H32O15/c37-14-25-29(43)33(47)34(48)35(51-25)28-30(44)27(20(40)10-3-15-1-6-17(38)7-2-15)31(45)36(32(28)46)49-19-8-4-16(5-9-19)23-13-22(42)26-21(41)11-18(39)12-24(26)50-23/h1-12,23,25,29,33-35,37-39,41,43-48H,13-14H2/b10-3+/t23-,25-,29-,33-,34-,35+/m0/s1. The zero-order chi connectivity index (χ0) is 36.7. The van der Waals surface area contributed by atoms with E-state index in [-0.39, 0.29) is 35.0 Å². The number of rotatable bonds is 8.